The first-order chi connectivity index (χ1) is 13.1. The molecular weight excluding hydrogens is 362 g/mol. The molecule has 0 spiro atoms. The first-order valence-corrected chi connectivity index (χ1v) is 9.86. The van der Waals surface area contributed by atoms with Crippen molar-refractivity contribution in [3.05, 3.63) is 48.5 Å². The maximum absolute atomic E-state index is 12.7. The van der Waals surface area contributed by atoms with E-state index in [0.29, 0.717) is 26.2 Å². The number of phenolic OH excluding ortho intramolecular Hbond substituents is 1. The highest BCUT2D eigenvalue weighted by molar-refractivity contribution is 8.01. The Morgan fingerprint density at radius 1 is 1.11 bits per heavy atom. The molecular formula is C20H21N3O3S. The van der Waals surface area contributed by atoms with Gasteiger partial charge in [-0.15, -0.1) is 11.8 Å². The zero-order valence-corrected chi connectivity index (χ0v) is 15.6. The first kappa shape index (κ1) is 17.7. The van der Waals surface area contributed by atoms with Crippen LogP contribution in [-0.2, 0) is 9.59 Å². The quantitative estimate of drug-likeness (QED) is 0.852. The van der Waals surface area contributed by atoms with E-state index in [1.165, 1.54) is 11.8 Å². The number of nitrogens with one attached hydrogen (secondary N) is 1. The van der Waals surface area contributed by atoms with Crippen LogP contribution in [0.2, 0.25) is 0 Å². The summed E-state index contributed by atoms with van der Waals surface area (Å²) in [5.74, 6) is 0.148. The number of hydrogen-bond donors (Lipinski definition) is 2. The number of para-hydroxylation sites is 1. The molecule has 1 fully saturated rings. The predicted octanol–water partition coefficient (Wildman–Crippen LogP) is 2.54. The van der Waals surface area contributed by atoms with Crippen LogP contribution >= 0.6 is 11.8 Å². The molecule has 2 N–H and O–H groups in total. The summed E-state index contributed by atoms with van der Waals surface area (Å²) in [7, 11) is 0. The van der Waals surface area contributed by atoms with E-state index in [2.05, 4.69) is 10.2 Å². The van der Waals surface area contributed by atoms with Crippen molar-refractivity contribution in [2.45, 2.75) is 16.6 Å². The van der Waals surface area contributed by atoms with Gasteiger partial charge in [0.2, 0.25) is 11.8 Å². The van der Waals surface area contributed by atoms with Gasteiger partial charge in [0.25, 0.3) is 0 Å². The fourth-order valence-corrected chi connectivity index (χ4v) is 4.52. The summed E-state index contributed by atoms with van der Waals surface area (Å²) in [6.45, 7) is 2.65. The Labute approximate surface area is 162 Å². The summed E-state index contributed by atoms with van der Waals surface area (Å²) in [5, 5.41) is 12.1. The number of amides is 2. The Morgan fingerprint density at radius 2 is 1.89 bits per heavy atom. The Bertz CT molecular complexity index is 865. The molecule has 0 aliphatic carbocycles. The van der Waals surface area contributed by atoms with Gasteiger partial charge in [-0.2, -0.15) is 0 Å². The summed E-state index contributed by atoms with van der Waals surface area (Å²) in [5.41, 5.74) is 1.77. The molecule has 140 valence electrons. The van der Waals surface area contributed by atoms with Crippen LogP contribution in [0.5, 0.6) is 5.75 Å². The van der Waals surface area contributed by atoms with Crippen molar-refractivity contribution in [1.29, 1.82) is 0 Å². The first-order valence-electron chi connectivity index (χ1n) is 8.98. The van der Waals surface area contributed by atoms with Crippen LogP contribution in [0.15, 0.2) is 53.4 Å². The van der Waals surface area contributed by atoms with Crippen molar-refractivity contribution in [2.75, 3.05) is 36.4 Å². The van der Waals surface area contributed by atoms with Crippen LogP contribution in [0, 0.1) is 0 Å². The van der Waals surface area contributed by atoms with E-state index in [0.717, 1.165) is 16.3 Å². The van der Waals surface area contributed by atoms with Crippen molar-refractivity contribution < 1.29 is 14.7 Å². The number of benzene rings is 2. The lowest BCUT2D eigenvalue weighted by molar-refractivity contribution is -0.132. The molecule has 2 amide bonds. The van der Waals surface area contributed by atoms with E-state index < -0.39 is 5.25 Å². The average molecular weight is 383 g/mol. The van der Waals surface area contributed by atoms with E-state index >= 15 is 0 Å². The van der Waals surface area contributed by atoms with E-state index in [9.17, 15) is 14.7 Å². The third-order valence-electron chi connectivity index (χ3n) is 4.89. The molecule has 1 atom stereocenters. The summed E-state index contributed by atoms with van der Waals surface area (Å²) < 4.78 is 0. The lowest BCUT2D eigenvalue weighted by Crippen LogP contribution is -2.49. The number of hydrogen-bond acceptors (Lipinski definition) is 5. The second kappa shape index (κ2) is 7.52. The minimum atomic E-state index is -0.392. The largest absolute Gasteiger partial charge is 0.508 e. The minimum Gasteiger partial charge on any atom is -0.508 e. The molecule has 2 heterocycles. The van der Waals surface area contributed by atoms with Crippen LogP contribution in [0.1, 0.15) is 6.42 Å². The number of carbonyl (C=O) groups is 2. The predicted molar refractivity (Wildman–Crippen MR) is 106 cm³/mol. The molecule has 2 aromatic rings. The number of piperazine rings is 1. The Kier molecular flexibility index (Phi) is 4.94. The molecule has 6 nitrogen and oxygen atoms in total. The van der Waals surface area contributed by atoms with E-state index in [1.807, 2.05) is 41.3 Å². The van der Waals surface area contributed by atoms with Crippen LogP contribution in [0.4, 0.5) is 11.4 Å². The number of thioether (sulfide) groups is 1. The van der Waals surface area contributed by atoms with Crippen LogP contribution in [0.25, 0.3) is 0 Å². The number of rotatable bonds is 3. The van der Waals surface area contributed by atoms with Crippen molar-refractivity contribution in [3.8, 4) is 5.75 Å². The Hall–Kier alpha value is -2.67. The molecule has 0 bridgehead atoms. The third kappa shape index (κ3) is 3.88. The topological polar surface area (TPSA) is 72.9 Å². The van der Waals surface area contributed by atoms with Crippen molar-refractivity contribution in [2.24, 2.45) is 0 Å². The van der Waals surface area contributed by atoms with Gasteiger partial charge in [0.05, 0.1) is 10.9 Å². The van der Waals surface area contributed by atoms with Crippen LogP contribution in [-0.4, -0.2) is 53.2 Å². The average Bonchev–Trinajstić information content (AvgIpc) is 2.68. The monoisotopic (exact) mass is 383 g/mol. The number of nitrogens with zero attached hydrogens (tertiary/aromatic N) is 2. The van der Waals surface area contributed by atoms with Gasteiger partial charge in [-0.05, 0) is 24.3 Å². The van der Waals surface area contributed by atoms with Gasteiger partial charge in [0, 0.05) is 49.2 Å². The summed E-state index contributed by atoms with van der Waals surface area (Å²) >= 11 is 1.46. The number of aromatic hydroxyl groups is 1. The van der Waals surface area contributed by atoms with Gasteiger partial charge < -0.3 is 20.2 Å². The number of anilines is 2. The lowest BCUT2D eigenvalue weighted by atomic mass is 10.2. The molecule has 0 radical (unpaired) electrons. The Morgan fingerprint density at radius 3 is 2.67 bits per heavy atom. The second-order valence-corrected chi connectivity index (χ2v) is 7.93. The van der Waals surface area contributed by atoms with Crippen LogP contribution in [0.3, 0.4) is 0 Å². The summed E-state index contributed by atoms with van der Waals surface area (Å²) in [6.07, 6.45) is 0.205. The molecule has 0 saturated carbocycles. The lowest BCUT2D eigenvalue weighted by Gasteiger charge is -2.36. The number of fused-ring (bicyclic) bond motifs is 1. The van der Waals surface area contributed by atoms with E-state index in [1.54, 1.807) is 12.1 Å². The standard InChI is InChI=1S/C20H21N3O3S/c24-15-5-3-4-14(12-15)22-8-10-23(11-9-22)19(25)13-18-20(26)21-16-6-1-2-7-17(16)27-18/h1-7,12,18,24H,8-11,13H2,(H,21,26). The zero-order chi connectivity index (χ0) is 18.8. The fraction of sp³-hybridized carbons (Fsp3) is 0.300. The summed E-state index contributed by atoms with van der Waals surface area (Å²) in [6, 6.07) is 14.8. The highest BCUT2D eigenvalue weighted by Crippen LogP contribution is 2.36. The number of phenols is 1. The van der Waals surface area contributed by atoms with E-state index in [-0.39, 0.29) is 24.0 Å². The fourth-order valence-electron chi connectivity index (χ4n) is 3.42. The second-order valence-electron chi connectivity index (χ2n) is 6.68. The van der Waals surface area contributed by atoms with Gasteiger partial charge in [-0.3, -0.25) is 9.59 Å². The molecule has 0 aromatic heterocycles. The molecule has 27 heavy (non-hydrogen) atoms. The zero-order valence-electron chi connectivity index (χ0n) is 14.8. The van der Waals surface area contributed by atoms with Crippen molar-refractivity contribution >= 4 is 35.0 Å². The molecule has 1 unspecified atom stereocenters. The van der Waals surface area contributed by atoms with Crippen LogP contribution < -0.4 is 10.2 Å². The number of carbonyl (C=O) groups excluding carboxylic acids is 2. The molecule has 4 rings (SSSR count). The molecule has 2 aliphatic rings. The highest BCUT2D eigenvalue weighted by Gasteiger charge is 2.31. The van der Waals surface area contributed by atoms with Gasteiger partial charge in [-0.25, -0.2) is 0 Å². The molecule has 1 saturated heterocycles. The molecule has 2 aromatic carbocycles. The normalized spacial score (nSPS) is 19.4. The van der Waals surface area contributed by atoms with Gasteiger partial charge in [0.15, 0.2) is 0 Å². The van der Waals surface area contributed by atoms with Gasteiger partial charge in [-0.1, -0.05) is 18.2 Å². The van der Waals surface area contributed by atoms with Crippen molar-refractivity contribution in [1.82, 2.24) is 4.90 Å². The van der Waals surface area contributed by atoms with Gasteiger partial charge in [0.1, 0.15) is 5.75 Å². The highest BCUT2D eigenvalue weighted by atomic mass is 32.2. The maximum Gasteiger partial charge on any atom is 0.238 e. The third-order valence-corrected chi connectivity index (χ3v) is 6.17. The summed E-state index contributed by atoms with van der Waals surface area (Å²) in [4.78, 5) is 30.0. The minimum absolute atomic E-state index is 0.0117. The smallest absolute Gasteiger partial charge is 0.238 e. The molecule has 7 heteroatoms. The molecule has 2 aliphatic heterocycles. The maximum atomic E-state index is 12.7. The van der Waals surface area contributed by atoms with Crippen molar-refractivity contribution in [3.63, 3.8) is 0 Å². The van der Waals surface area contributed by atoms with E-state index in [4.69, 9.17) is 0 Å². The Balaban J connectivity index is 1.34. The van der Waals surface area contributed by atoms with Gasteiger partial charge >= 0.3 is 0 Å². The SMILES string of the molecule is O=C1Nc2ccccc2SC1CC(=O)N1CCN(c2cccc(O)c2)CC1.